The fourth-order valence-electron chi connectivity index (χ4n) is 2.13. The van der Waals surface area contributed by atoms with E-state index in [9.17, 15) is 14.4 Å². The highest BCUT2D eigenvalue weighted by Crippen LogP contribution is 2.26. The Morgan fingerprint density at radius 2 is 1.95 bits per heavy atom. The van der Waals surface area contributed by atoms with Crippen molar-refractivity contribution in [2.75, 3.05) is 13.7 Å². The number of carbonyl (C=O) groups excluding carboxylic acids is 3. The molecule has 1 aliphatic rings. The van der Waals surface area contributed by atoms with Crippen LogP contribution in [0.15, 0.2) is 34.3 Å². The molecule has 0 atom stereocenters. The lowest BCUT2D eigenvalue weighted by Crippen LogP contribution is -2.30. The molecule has 1 aliphatic heterocycles. The number of rotatable bonds is 4. The van der Waals surface area contributed by atoms with Crippen LogP contribution >= 0.6 is 15.9 Å². The van der Waals surface area contributed by atoms with Gasteiger partial charge in [0, 0.05) is 16.6 Å². The second-order valence-corrected chi connectivity index (χ2v) is 5.40. The maximum atomic E-state index is 12.2. The number of methoxy groups -OCH3 is 1. The molecule has 6 heteroatoms. The third kappa shape index (κ3) is 2.90. The number of halogens is 1. The maximum Gasteiger partial charge on any atom is 0.333 e. The van der Waals surface area contributed by atoms with E-state index in [1.54, 1.807) is 24.3 Å². The van der Waals surface area contributed by atoms with Crippen molar-refractivity contribution >= 4 is 33.7 Å². The van der Waals surface area contributed by atoms with E-state index in [0.29, 0.717) is 23.1 Å². The van der Waals surface area contributed by atoms with Gasteiger partial charge < -0.3 is 4.74 Å². The second-order valence-electron chi connectivity index (χ2n) is 4.49. The van der Waals surface area contributed by atoms with Crippen molar-refractivity contribution in [3.05, 3.63) is 45.4 Å². The number of hydrogen-bond donors (Lipinski definition) is 0. The van der Waals surface area contributed by atoms with Crippen LogP contribution in [0.25, 0.3) is 0 Å². The Balaban J connectivity index is 2.24. The normalized spacial score (nSPS) is 14.4. The van der Waals surface area contributed by atoms with E-state index in [2.05, 4.69) is 20.7 Å². The van der Waals surface area contributed by atoms with Crippen LogP contribution in [0.4, 0.5) is 0 Å². The van der Waals surface area contributed by atoms with Crippen LogP contribution in [0.2, 0.25) is 0 Å². The molecule has 0 saturated heterocycles. The molecule has 0 fully saturated rings. The molecule has 1 heterocycles. The summed E-state index contributed by atoms with van der Waals surface area (Å²) in [5.74, 6) is -1.15. The zero-order valence-electron chi connectivity index (χ0n) is 11.7. The van der Waals surface area contributed by atoms with Gasteiger partial charge in [-0.1, -0.05) is 28.9 Å². The Kier molecular flexibility index (Phi) is 4.57. The highest BCUT2D eigenvalue weighted by Gasteiger charge is 2.34. The summed E-state index contributed by atoms with van der Waals surface area (Å²) in [7, 11) is 1.30. The highest BCUT2D eigenvalue weighted by molar-refractivity contribution is 9.10. The number of amides is 2. The zero-order valence-corrected chi connectivity index (χ0v) is 13.3. The molecule has 0 aromatic heterocycles. The standard InChI is InChI=1S/C15H14BrNO4/c1-3-9(15(20)21-2)6-7-17-13(18)11-5-4-10(16)8-12(11)14(17)19/h4-6,8H,3,7H2,1-2H3/b9-6-. The Bertz CT molecular complexity index is 651. The minimum atomic E-state index is -0.447. The molecule has 0 radical (unpaired) electrons. The van der Waals surface area contributed by atoms with Gasteiger partial charge in [-0.15, -0.1) is 0 Å². The van der Waals surface area contributed by atoms with Crippen LogP contribution in [-0.2, 0) is 9.53 Å². The van der Waals surface area contributed by atoms with Crippen molar-refractivity contribution in [3.8, 4) is 0 Å². The maximum absolute atomic E-state index is 12.2. The smallest absolute Gasteiger partial charge is 0.333 e. The number of nitrogens with zero attached hydrogens (tertiary/aromatic N) is 1. The van der Waals surface area contributed by atoms with Crippen LogP contribution in [0.5, 0.6) is 0 Å². The molecule has 0 saturated carbocycles. The van der Waals surface area contributed by atoms with E-state index in [-0.39, 0.29) is 18.4 Å². The Morgan fingerprint density at radius 1 is 1.29 bits per heavy atom. The monoisotopic (exact) mass is 351 g/mol. The average molecular weight is 352 g/mol. The molecule has 0 N–H and O–H groups in total. The summed E-state index contributed by atoms with van der Waals surface area (Å²) < 4.78 is 5.39. The quantitative estimate of drug-likeness (QED) is 0.475. The van der Waals surface area contributed by atoms with Crippen molar-refractivity contribution in [1.29, 1.82) is 0 Å². The largest absolute Gasteiger partial charge is 0.466 e. The van der Waals surface area contributed by atoms with Crippen LogP contribution < -0.4 is 0 Å². The lowest BCUT2D eigenvalue weighted by atomic mass is 10.1. The fourth-order valence-corrected chi connectivity index (χ4v) is 2.49. The van der Waals surface area contributed by atoms with Crippen LogP contribution in [0.1, 0.15) is 34.1 Å². The van der Waals surface area contributed by atoms with Gasteiger partial charge >= 0.3 is 5.97 Å². The van der Waals surface area contributed by atoms with Gasteiger partial charge in [-0.05, 0) is 24.6 Å². The summed E-state index contributed by atoms with van der Waals surface area (Å²) in [5, 5.41) is 0. The molecule has 0 unspecified atom stereocenters. The third-order valence-electron chi connectivity index (χ3n) is 3.28. The molecule has 110 valence electrons. The van der Waals surface area contributed by atoms with Gasteiger partial charge in [0.05, 0.1) is 18.2 Å². The summed E-state index contributed by atoms with van der Waals surface area (Å²) in [5.41, 5.74) is 1.20. The number of ether oxygens (including phenoxy) is 1. The fraction of sp³-hybridized carbons (Fsp3) is 0.267. The van der Waals surface area contributed by atoms with E-state index in [1.165, 1.54) is 7.11 Å². The lowest BCUT2D eigenvalue weighted by molar-refractivity contribution is -0.136. The summed E-state index contributed by atoms with van der Waals surface area (Å²) in [6, 6.07) is 4.96. The zero-order chi connectivity index (χ0) is 15.6. The van der Waals surface area contributed by atoms with Gasteiger partial charge in [0.25, 0.3) is 11.8 Å². The average Bonchev–Trinajstić information content (AvgIpc) is 2.71. The molecule has 1 aromatic rings. The molecular formula is C15H14BrNO4. The first-order valence-corrected chi connectivity index (χ1v) is 7.22. The first-order chi connectivity index (χ1) is 9.99. The van der Waals surface area contributed by atoms with Gasteiger partial charge in [0.2, 0.25) is 0 Å². The molecule has 2 amide bonds. The predicted octanol–water partition coefficient (Wildman–Crippen LogP) is 2.55. The van der Waals surface area contributed by atoms with Crippen molar-refractivity contribution in [3.63, 3.8) is 0 Å². The van der Waals surface area contributed by atoms with Gasteiger partial charge in [-0.25, -0.2) is 4.79 Å². The van der Waals surface area contributed by atoms with Gasteiger partial charge in [0.15, 0.2) is 0 Å². The topological polar surface area (TPSA) is 63.7 Å². The van der Waals surface area contributed by atoms with Crippen LogP contribution in [-0.4, -0.2) is 36.3 Å². The first kappa shape index (κ1) is 15.4. The van der Waals surface area contributed by atoms with Gasteiger partial charge in [-0.2, -0.15) is 0 Å². The van der Waals surface area contributed by atoms with Crippen LogP contribution in [0, 0.1) is 0 Å². The number of imide groups is 1. The van der Waals surface area contributed by atoms with E-state index in [4.69, 9.17) is 0 Å². The van der Waals surface area contributed by atoms with Crippen molar-refractivity contribution in [2.45, 2.75) is 13.3 Å². The minimum Gasteiger partial charge on any atom is -0.466 e. The summed E-state index contributed by atoms with van der Waals surface area (Å²) >= 11 is 3.28. The number of benzene rings is 1. The number of esters is 1. The van der Waals surface area contributed by atoms with Crippen molar-refractivity contribution in [2.24, 2.45) is 0 Å². The molecule has 0 aliphatic carbocycles. The summed E-state index contributed by atoms with van der Waals surface area (Å²) in [6.45, 7) is 1.87. The van der Waals surface area contributed by atoms with Crippen LogP contribution in [0.3, 0.4) is 0 Å². The molecule has 5 nitrogen and oxygen atoms in total. The van der Waals surface area contributed by atoms with Gasteiger partial charge in [0.1, 0.15) is 0 Å². The molecular weight excluding hydrogens is 338 g/mol. The van der Waals surface area contributed by atoms with E-state index in [0.717, 1.165) is 9.37 Å². The SMILES string of the molecule is CC/C(=C/CN1C(=O)c2ccc(Br)cc2C1=O)C(=O)OC. The van der Waals surface area contributed by atoms with E-state index in [1.807, 2.05) is 6.92 Å². The second kappa shape index (κ2) is 6.22. The third-order valence-corrected chi connectivity index (χ3v) is 3.77. The van der Waals surface area contributed by atoms with E-state index < -0.39 is 5.97 Å². The number of hydrogen-bond acceptors (Lipinski definition) is 4. The number of fused-ring (bicyclic) bond motifs is 1. The van der Waals surface area contributed by atoms with Crippen molar-refractivity contribution < 1.29 is 19.1 Å². The molecule has 0 bridgehead atoms. The summed E-state index contributed by atoms with van der Waals surface area (Å²) in [6.07, 6.45) is 2.03. The Hall–Kier alpha value is -1.95. The first-order valence-electron chi connectivity index (χ1n) is 6.42. The van der Waals surface area contributed by atoms with Crippen molar-refractivity contribution in [1.82, 2.24) is 4.90 Å². The summed E-state index contributed by atoms with van der Waals surface area (Å²) in [4.78, 5) is 37.1. The lowest BCUT2D eigenvalue weighted by Gasteiger charge is -2.11. The molecule has 1 aromatic carbocycles. The number of carbonyl (C=O) groups is 3. The molecule has 2 rings (SSSR count). The highest BCUT2D eigenvalue weighted by atomic mass is 79.9. The Labute approximate surface area is 130 Å². The van der Waals surface area contributed by atoms with E-state index >= 15 is 0 Å². The molecule has 21 heavy (non-hydrogen) atoms. The predicted molar refractivity (Wildman–Crippen MR) is 79.9 cm³/mol. The Morgan fingerprint density at radius 3 is 2.57 bits per heavy atom. The molecule has 0 spiro atoms. The minimum absolute atomic E-state index is 0.0578. The van der Waals surface area contributed by atoms with Gasteiger partial charge in [-0.3, -0.25) is 14.5 Å².